The molecule has 0 saturated carbocycles. The summed E-state index contributed by atoms with van der Waals surface area (Å²) in [6, 6.07) is 12.2. The molecule has 0 bridgehead atoms. The van der Waals surface area contributed by atoms with E-state index in [1.165, 1.54) is 18.2 Å². The molecule has 0 radical (unpaired) electrons. The average Bonchev–Trinajstić information content (AvgIpc) is 2.67. The van der Waals surface area contributed by atoms with E-state index in [2.05, 4.69) is 10.2 Å². The van der Waals surface area contributed by atoms with Crippen molar-refractivity contribution in [2.75, 3.05) is 36.4 Å². The van der Waals surface area contributed by atoms with Crippen molar-refractivity contribution in [3.05, 3.63) is 59.1 Å². The number of hydrogen-bond acceptors (Lipinski definition) is 2. The minimum atomic E-state index is -4.51. The molecule has 0 unspecified atom stereocenters. The SMILES string of the molecule is C[C@H](C(=O)Nc1ccccc1C(F)(F)F)[NH+]1CCN(c2ccccc2Cl)CC1. The van der Waals surface area contributed by atoms with Crippen LogP contribution in [0.1, 0.15) is 12.5 Å². The summed E-state index contributed by atoms with van der Waals surface area (Å²) in [5, 5.41) is 3.13. The van der Waals surface area contributed by atoms with Gasteiger partial charge in [0.1, 0.15) is 0 Å². The Morgan fingerprint density at radius 2 is 1.71 bits per heavy atom. The van der Waals surface area contributed by atoms with Crippen molar-refractivity contribution < 1.29 is 22.9 Å². The molecule has 2 aromatic carbocycles. The lowest BCUT2D eigenvalue weighted by Crippen LogP contribution is -3.19. The van der Waals surface area contributed by atoms with Crippen LogP contribution in [0.5, 0.6) is 0 Å². The highest BCUT2D eigenvalue weighted by Crippen LogP contribution is 2.34. The van der Waals surface area contributed by atoms with E-state index in [1.807, 2.05) is 24.3 Å². The molecule has 1 amide bonds. The van der Waals surface area contributed by atoms with Gasteiger partial charge in [0.25, 0.3) is 5.91 Å². The van der Waals surface area contributed by atoms with E-state index in [0.717, 1.165) is 29.7 Å². The van der Waals surface area contributed by atoms with Gasteiger partial charge in [-0.25, -0.2) is 0 Å². The predicted octanol–water partition coefficient (Wildman–Crippen LogP) is 3.09. The van der Waals surface area contributed by atoms with Crippen LogP contribution >= 0.6 is 11.6 Å². The first-order valence-corrected chi connectivity index (χ1v) is 9.46. The Morgan fingerprint density at radius 1 is 1.11 bits per heavy atom. The van der Waals surface area contributed by atoms with E-state index >= 15 is 0 Å². The number of quaternary nitrogens is 1. The third-order valence-electron chi connectivity index (χ3n) is 5.09. The molecule has 1 heterocycles. The summed E-state index contributed by atoms with van der Waals surface area (Å²) in [4.78, 5) is 15.8. The molecule has 1 atom stereocenters. The molecule has 2 N–H and O–H groups in total. The Balaban J connectivity index is 1.62. The number of nitrogens with one attached hydrogen (secondary N) is 2. The topological polar surface area (TPSA) is 36.8 Å². The van der Waals surface area contributed by atoms with Gasteiger partial charge in [0.2, 0.25) is 0 Å². The summed E-state index contributed by atoms with van der Waals surface area (Å²) in [6.07, 6.45) is -4.51. The zero-order chi connectivity index (χ0) is 20.3. The van der Waals surface area contributed by atoms with Crippen molar-refractivity contribution in [1.29, 1.82) is 0 Å². The van der Waals surface area contributed by atoms with E-state index in [0.29, 0.717) is 18.1 Å². The zero-order valence-corrected chi connectivity index (χ0v) is 16.1. The van der Waals surface area contributed by atoms with Crippen LogP contribution in [0.25, 0.3) is 0 Å². The number of anilines is 2. The van der Waals surface area contributed by atoms with Gasteiger partial charge >= 0.3 is 6.18 Å². The highest BCUT2D eigenvalue weighted by atomic mass is 35.5. The molecule has 1 fully saturated rings. The molecule has 0 spiro atoms. The Labute approximate surface area is 166 Å². The van der Waals surface area contributed by atoms with E-state index in [9.17, 15) is 18.0 Å². The van der Waals surface area contributed by atoms with Gasteiger partial charge in [-0.1, -0.05) is 35.9 Å². The summed E-state index contributed by atoms with van der Waals surface area (Å²) >= 11 is 6.24. The molecular weight excluding hydrogens is 391 g/mol. The molecule has 1 aliphatic rings. The van der Waals surface area contributed by atoms with Gasteiger partial charge in [0.05, 0.1) is 48.1 Å². The van der Waals surface area contributed by atoms with Crippen LogP contribution < -0.4 is 15.1 Å². The fraction of sp³-hybridized carbons (Fsp3) is 0.350. The Hall–Kier alpha value is -2.25. The van der Waals surface area contributed by atoms with Crippen LogP contribution in [0.15, 0.2) is 48.5 Å². The largest absolute Gasteiger partial charge is 0.418 e. The molecule has 1 aliphatic heterocycles. The van der Waals surface area contributed by atoms with Crippen molar-refractivity contribution >= 4 is 28.9 Å². The van der Waals surface area contributed by atoms with Crippen LogP contribution in [-0.2, 0) is 11.0 Å². The maximum Gasteiger partial charge on any atom is 0.418 e. The second kappa shape index (κ2) is 8.41. The number of carbonyl (C=O) groups is 1. The van der Waals surface area contributed by atoms with Crippen LogP contribution in [0, 0.1) is 0 Å². The summed E-state index contributed by atoms with van der Waals surface area (Å²) < 4.78 is 39.4. The molecule has 150 valence electrons. The Bertz CT molecular complexity index is 835. The highest BCUT2D eigenvalue weighted by Gasteiger charge is 2.35. The first-order chi connectivity index (χ1) is 13.3. The summed E-state index contributed by atoms with van der Waals surface area (Å²) in [5.74, 6) is -0.419. The third kappa shape index (κ3) is 4.59. The molecule has 0 aromatic heterocycles. The third-order valence-corrected chi connectivity index (χ3v) is 5.41. The number of para-hydroxylation sites is 2. The number of nitrogens with zero attached hydrogens (tertiary/aromatic N) is 1. The van der Waals surface area contributed by atoms with Crippen LogP contribution in [-0.4, -0.2) is 38.1 Å². The van der Waals surface area contributed by atoms with Gasteiger partial charge in [0, 0.05) is 0 Å². The van der Waals surface area contributed by atoms with Gasteiger partial charge in [0.15, 0.2) is 6.04 Å². The summed E-state index contributed by atoms with van der Waals surface area (Å²) in [5.41, 5.74) is -0.0885. The predicted molar refractivity (Wildman–Crippen MR) is 104 cm³/mol. The van der Waals surface area contributed by atoms with Gasteiger partial charge in [-0.05, 0) is 31.2 Å². The Kier molecular flexibility index (Phi) is 6.15. The minimum absolute atomic E-state index is 0.207. The zero-order valence-electron chi connectivity index (χ0n) is 15.4. The number of alkyl halides is 3. The van der Waals surface area contributed by atoms with Crippen molar-refractivity contribution in [2.24, 2.45) is 0 Å². The van der Waals surface area contributed by atoms with Crippen LogP contribution in [0.3, 0.4) is 0 Å². The molecule has 2 aromatic rings. The normalized spacial score (nSPS) is 16.7. The minimum Gasteiger partial charge on any atom is -0.359 e. The molecule has 3 rings (SSSR count). The van der Waals surface area contributed by atoms with Gasteiger partial charge < -0.3 is 15.1 Å². The molecule has 1 saturated heterocycles. The van der Waals surface area contributed by atoms with Crippen LogP contribution in [0.2, 0.25) is 5.02 Å². The lowest BCUT2D eigenvalue weighted by atomic mass is 10.1. The molecular formula is C20H22ClF3N3O+. The van der Waals surface area contributed by atoms with E-state index in [1.54, 1.807) is 6.92 Å². The van der Waals surface area contributed by atoms with Crippen molar-refractivity contribution in [1.82, 2.24) is 0 Å². The summed E-state index contributed by atoms with van der Waals surface area (Å²) in [6.45, 7) is 4.57. The quantitative estimate of drug-likeness (QED) is 0.809. The second-order valence-corrected chi connectivity index (χ2v) is 7.26. The first kappa shape index (κ1) is 20.5. The summed E-state index contributed by atoms with van der Waals surface area (Å²) in [7, 11) is 0. The number of carbonyl (C=O) groups excluding carboxylic acids is 1. The standard InChI is InChI=1S/C20H21ClF3N3O/c1-14(19(28)25-17-8-4-2-6-15(17)20(22,23)24)26-10-12-27(13-11-26)18-9-5-3-7-16(18)21/h2-9,14H,10-13H2,1H3,(H,25,28)/p+1/t14-/m1/s1. The first-order valence-electron chi connectivity index (χ1n) is 9.08. The van der Waals surface area contributed by atoms with Gasteiger partial charge in [-0.3, -0.25) is 4.79 Å². The van der Waals surface area contributed by atoms with E-state index in [-0.39, 0.29) is 5.69 Å². The number of piperazine rings is 1. The van der Waals surface area contributed by atoms with Crippen molar-refractivity contribution in [2.45, 2.75) is 19.1 Å². The molecule has 4 nitrogen and oxygen atoms in total. The van der Waals surface area contributed by atoms with Crippen molar-refractivity contribution in [3.63, 3.8) is 0 Å². The molecule has 28 heavy (non-hydrogen) atoms. The van der Waals surface area contributed by atoms with Gasteiger partial charge in [-0.2, -0.15) is 13.2 Å². The monoisotopic (exact) mass is 412 g/mol. The highest BCUT2D eigenvalue weighted by molar-refractivity contribution is 6.33. The fourth-order valence-electron chi connectivity index (χ4n) is 3.44. The number of hydrogen-bond donors (Lipinski definition) is 2. The van der Waals surface area contributed by atoms with E-state index in [4.69, 9.17) is 11.6 Å². The maximum atomic E-state index is 13.1. The fourth-order valence-corrected chi connectivity index (χ4v) is 3.70. The van der Waals surface area contributed by atoms with E-state index < -0.39 is 23.7 Å². The maximum absolute atomic E-state index is 13.1. The number of benzene rings is 2. The lowest BCUT2D eigenvalue weighted by molar-refractivity contribution is -0.914. The molecule has 0 aliphatic carbocycles. The van der Waals surface area contributed by atoms with Gasteiger partial charge in [-0.15, -0.1) is 0 Å². The number of halogens is 4. The number of rotatable bonds is 4. The second-order valence-electron chi connectivity index (χ2n) is 6.85. The average molecular weight is 413 g/mol. The lowest BCUT2D eigenvalue weighted by Gasteiger charge is -2.36. The van der Waals surface area contributed by atoms with Crippen LogP contribution in [0.4, 0.5) is 24.5 Å². The number of amides is 1. The molecule has 8 heteroatoms. The smallest absolute Gasteiger partial charge is 0.359 e. The van der Waals surface area contributed by atoms with Crippen molar-refractivity contribution in [3.8, 4) is 0 Å². The Morgan fingerprint density at radius 3 is 2.36 bits per heavy atom.